The van der Waals surface area contributed by atoms with E-state index in [1.807, 2.05) is 25.3 Å². The van der Waals surface area contributed by atoms with Crippen LogP contribution in [0.4, 0.5) is 0 Å². The maximum absolute atomic E-state index is 6.22. The van der Waals surface area contributed by atoms with Crippen LogP contribution in [-0.2, 0) is 4.74 Å². The highest BCUT2D eigenvalue weighted by molar-refractivity contribution is 5.19. The molecular weight excluding hydrogens is 326 g/mol. The predicted molar refractivity (Wildman–Crippen MR) is 103 cm³/mol. The summed E-state index contributed by atoms with van der Waals surface area (Å²) in [5.74, 6) is 0.843. The van der Waals surface area contributed by atoms with Gasteiger partial charge in [0.25, 0.3) is 0 Å². The molecule has 3 aliphatic rings. The Kier molecular flexibility index (Phi) is 5.77. The molecule has 3 heterocycles. The molecule has 2 N–H and O–H groups in total. The molecule has 2 saturated heterocycles. The van der Waals surface area contributed by atoms with Crippen molar-refractivity contribution in [2.24, 2.45) is 5.41 Å². The van der Waals surface area contributed by atoms with Crippen LogP contribution in [0.2, 0.25) is 0 Å². The maximum atomic E-state index is 6.22. The molecule has 26 heavy (non-hydrogen) atoms. The fraction of sp³-hybridized carbons (Fsp3) is 0.762. The lowest BCUT2D eigenvalue weighted by molar-refractivity contribution is -0.0208. The zero-order chi connectivity index (χ0) is 17.8. The number of nitrogens with one attached hydrogen (secondary N) is 2. The Hall–Kier alpha value is -1.17. The van der Waals surface area contributed by atoms with Gasteiger partial charge in [0.05, 0.1) is 12.8 Å². The zero-order valence-electron chi connectivity index (χ0n) is 16.0. The van der Waals surface area contributed by atoms with E-state index in [4.69, 9.17) is 9.47 Å². The maximum Gasteiger partial charge on any atom is 0.138 e. The van der Waals surface area contributed by atoms with Crippen molar-refractivity contribution in [2.45, 2.75) is 70.1 Å². The van der Waals surface area contributed by atoms with Crippen molar-refractivity contribution in [3.05, 3.63) is 24.0 Å². The van der Waals surface area contributed by atoms with Crippen LogP contribution in [0.5, 0.6) is 5.75 Å². The molecule has 2 aliphatic heterocycles. The standard InChI is InChI=1S/C21H33N3O2/c1-16-2-3-18(14-23-16)26-20-15-25-13-6-19(20)24-17-4-7-21(8-5-17)9-11-22-12-10-21/h2-3,14,17,19-20,22,24H,4-13,15H2,1H3/t19-,20+/m0/s1. The third-order valence-corrected chi connectivity index (χ3v) is 6.64. The summed E-state index contributed by atoms with van der Waals surface area (Å²) in [6.45, 7) is 5.90. The lowest BCUT2D eigenvalue weighted by atomic mass is 9.67. The number of ether oxygens (including phenoxy) is 2. The minimum atomic E-state index is 0.0722. The van der Waals surface area contributed by atoms with E-state index < -0.39 is 0 Å². The highest BCUT2D eigenvalue weighted by Crippen LogP contribution is 2.43. The largest absolute Gasteiger partial charge is 0.485 e. The van der Waals surface area contributed by atoms with Gasteiger partial charge in [0.2, 0.25) is 0 Å². The molecule has 1 saturated carbocycles. The van der Waals surface area contributed by atoms with Gasteiger partial charge < -0.3 is 20.1 Å². The Labute approximate surface area is 157 Å². The van der Waals surface area contributed by atoms with Crippen molar-refractivity contribution < 1.29 is 9.47 Å². The van der Waals surface area contributed by atoms with Crippen molar-refractivity contribution in [1.29, 1.82) is 0 Å². The number of hydrogen-bond donors (Lipinski definition) is 2. The highest BCUT2D eigenvalue weighted by atomic mass is 16.5. The number of nitrogens with zero attached hydrogens (tertiary/aromatic N) is 1. The van der Waals surface area contributed by atoms with Gasteiger partial charge in [-0.2, -0.15) is 0 Å². The minimum Gasteiger partial charge on any atom is -0.485 e. The molecule has 5 nitrogen and oxygen atoms in total. The van der Waals surface area contributed by atoms with Crippen LogP contribution < -0.4 is 15.4 Å². The molecule has 1 spiro atoms. The number of hydrogen-bond acceptors (Lipinski definition) is 5. The molecule has 0 aromatic carbocycles. The second-order valence-corrected chi connectivity index (χ2v) is 8.45. The van der Waals surface area contributed by atoms with E-state index in [1.165, 1.54) is 51.6 Å². The van der Waals surface area contributed by atoms with Gasteiger partial charge in [0.1, 0.15) is 11.9 Å². The zero-order valence-corrected chi connectivity index (χ0v) is 16.0. The molecule has 0 radical (unpaired) electrons. The minimum absolute atomic E-state index is 0.0722. The lowest BCUT2D eigenvalue weighted by Crippen LogP contribution is -2.54. The van der Waals surface area contributed by atoms with E-state index in [0.717, 1.165) is 24.5 Å². The summed E-state index contributed by atoms with van der Waals surface area (Å²) in [5.41, 5.74) is 1.64. The molecule has 0 unspecified atom stereocenters. The van der Waals surface area contributed by atoms with Gasteiger partial charge in [-0.15, -0.1) is 0 Å². The summed E-state index contributed by atoms with van der Waals surface area (Å²) < 4.78 is 11.9. The first-order valence-electron chi connectivity index (χ1n) is 10.4. The summed E-state index contributed by atoms with van der Waals surface area (Å²) >= 11 is 0. The van der Waals surface area contributed by atoms with Crippen LogP contribution in [0, 0.1) is 12.3 Å². The lowest BCUT2D eigenvalue weighted by Gasteiger charge is -2.44. The SMILES string of the molecule is Cc1ccc(O[C@@H]2COCC[C@@H]2NC2CCC3(CCNCC3)CC2)cn1. The molecule has 1 aromatic rings. The average Bonchev–Trinajstić information content (AvgIpc) is 2.68. The Morgan fingerprint density at radius 1 is 1.15 bits per heavy atom. The van der Waals surface area contributed by atoms with Gasteiger partial charge >= 0.3 is 0 Å². The average molecular weight is 360 g/mol. The van der Waals surface area contributed by atoms with E-state index in [-0.39, 0.29) is 6.10 Å². The van der Waals surface area contributed by atoms with Crippen LogP contribution in [-0.4, -0.2) is 49.5 Å². The molecule has 1 aliphatic carbocycles. The summed E-state index contributed by atoms with van der Waals surface area (Å²) in [6.07, 6.45) is 11.0. The van der Waals surface area contributed by atoms with Crippen LogP contribution >= 0.6 is 0 Å². The Morgan fingerprint density at radius 2 is 1.96 bits per heavy atom. The van der Waals surface area contributed by atoms with Crippen molar-refractivity contribution >= 4 is 0 Å². The van der Waals surface area contributed by atoms with Gasteiger partial charge in [-0.3, -0.25) is 4.98 Å². The summed E-state index contributed by atoms with van der Waals surface area (Å²) in [4.78, 5) is 4.34. The molecule has 1 aromatic heterocycles. The van der Waals surface area contributed by atoms with E-state index in [2.05, 4.69) is 15.6 Å². The second-order valence-electron chi connectivity index (χ2n) is 8.45. The molecule has 144 valence electrons. The summed E-state index contributed by atoms with van der Waals surface area (Å²) in [7, 11) is 0. The number of pyridine rings is 1. The molecule has 5 heteroatoms. The third kappa shape index (κ3) is 4.38. The van der Waals surface area contributed by atoms with Gasteiger partial charge in [0.15, 0.2) is 0 Å². The number of aryl methyl sites for hydroxylation is 1. The molecule has 2 atom stereocenters. The van der Waals surface area contributed by atoms with Crippen molar-refractivity contribution in [3.8, 4) is 5.75 Å². The van der Waals surface area contributed by atoms with Crippen molar-refractivity contribution in [3.63, 3.8) is 0 Å². The Morgan fingerprint density at radius 3 is 2.69 bits per heavy atom. The van der Waals surface area contributed by atoms with Gasteiger partial charge in [0, 0.05) is 24.4 Å². The normalized spacial score (nSPS) is 29.6. The fourth-order valence-corrected chi connectivity index (χ4v) is 4.87. The predicted octanol–water partition coefficient (Wildman–Crippen LogP) is 2.83. The summed E-state index contributed by atoms with van der Waals surface area (Å²) in [5, 5.41) is 7.43. The summed E-state index contributed by atoms with van der Waals surface area (Å²) in [6, 6.07) is 5.01. The molecular formula is C21H33N3O2. The monoisotopic (exact) mass is 359 g/mol. The number of rotatable bonds is 4. The van der Waals surface area contributed by atoms with Crippen LogP contribution in [0.1, 0.15) is 50.6 Å². The first-order chi connectivity index (χ1) is 12.7. The van der Waals surface area contributed by atoms with Gasteiger partial charge in [-0.1, -0.05) is 0 Å². The first kappa shape index (κ1) is 18.2. The van der Waals surface area contributed by atoms with E-state index in [0.29, 0.717) is 24.1 Å². The van der Waals surface area contributed by atoms with Crippen LogP contribution in [0.25, 0.3) is 0 Å². The smallest absolute Gasteiger partial charge is 0.138 e. The van der Waals surface area contributed by atoms with E-state index in [9.17, 15) is 0 Å². The second kappa shape index (κ2) is 8.24. The number of aromatic nitrogens is 1. The topological polar surface area (TPSA) is 55.4 Å². The number of piperidine rings is 1. The molecule has 0 amide bonds. The highest BCUT2D eigenvalue weighted by Gasteiger charge is 2.37. The Bertz CT molecular complexity index is 561. The van der Waals surface area contributed by atoms with E-state index in [1.54, 1.807) is 0 Å². The molecule has 4 rings (SSSR count). The Balaban J connectivity index is 1.31. The third-order valence-electron chi connectivity index (χ3n) is 6.64. The molecule has 3 fully saturated rings. The van der Waals surface area contributed by atoms with Crippen molar-refractivity contribution in [2.75, 3.05) is 26.3 Å². The van der Waals surface area contributed by atoms with Crippen molar-refractivity contribution in [1.82, 2.24) is 15.6 Å². The van der Waals surface area contributed by atoms with Crippen LogP contribution in [0.3, 0.4) is 0 Å². The van der Waals surface area contributed by atoms with E-state index >= 15 is 0 Å². The first-order valence-corrected chi connectivity index (χ1v) is 10.4. The van der Waals surface area contributed by atoms with Gasteiger partial charge in [-0.25, -0.2) is 0 Å². The van der Waals surface area contributed by atoms with Gasteiger partial charge in [-0.05, 0) is 82.5 Å². The van der Waals surface area contributed by atoms with Crippen LogP contribution in [0.15, 0.2) is 18.3 Å². The quantitative estimate of drug-likeness (QED) is 0.866. The fourth-order valence-electron chi connectivity index (χ4n) is 4.87. The molecule has 0 bridgehead atoms.